The van der Waals surface area contributed by atoms with Gasteiger partial charge < -0.3 is 9.84 Å². The molecule has 4 heteroatoms. The Labute approximate surface area is 78.5 Å². The number of hydrogen-bond donors (Lipinski definition) is 1. The van der Waals surface area contributed by atoms with Crippen molar-refractivity contribution in [1.82, 2.24) is 4.90 Å². The Balaban J connectivity index is 2.48. The van der Waals surface area contributed by atoms with Gasteiger partial charge in [0.2, 0.25) is 0 Å². The van der Waals surface area contributed by atoms with Crippen molar-refractivity contribution in [2.75, 3.05) is 26.3 Å². The van der Waals surface area contributed by atoms with Crippen molar-refractivity contribution in [2.24, 2.45) is 0 Å². The molecule has 1 heterocycles. The maximum Gasteiger partial charge on any atom is 0.305 e. The summed E-state index contributed by atoms with van der Waals surface area (Å²) in [7, 11) is 0. The van der Waals surface area contributed by atoms with Crippen LogP contribution in [0.15, 0.2) is 0 Å². The summed E-state index contributed by atoms with van der Waals surface area (Å²) in [5.74, 6) is -0.742. The van der Waals surface area contributed by atoms with Crippen LogP contribution in [0.25, 0.3) is 0 Å². The van der Waals surface area contributed by atoms with E-state index in [1.807, 2.05) is 0 Å². The van der Waals surface area contributed by atoms with E-state index in [1.165, 1.54) is 0 Å². The van der Waals surface area contributed by atoms with Gasteiger partial charge in [0, 0.05) is 19.2 Å². The van der Waals surface area contributed by atoms with Crippen LogP contribution in [0.2, 0.25) is 0 Å². The van der Waals surface area contributed by atoms with Gasteiger partial charge >= 0.3 is 5.97 Å². The minimum Gasteiger partial charge on any atom is -0.481 e. The number of nitrogens with zero attached hydrogens (tertiary/aromatic N) is 1. The van der Waals surface area contributed by atoms with Crippen molar-refractivity contribution in [1.29, 1.82) is 0 Å². The van der Waals surface area contributed by atoms with Crippen molar-refractivity contribution in [3.05, 3.63) is 0 Å². The Morgan fingerprint density at radius 1 is 1.69 bits per heavy atom. The first-order valence-electron chi connectivity index (χ1n) is 4.77. The molecular weight excluding hydrogens is 170 g/mol. The molecular formula is C9H17NO3. The Kier molecular flexibility index (Phi) is 4.18. The van der Waals surface area contributed by atoms with Crippen molar-refractivity contribution >= 4 is 5.97 Å². The van der Waals surface area contributed by atoms with Crippen LogP contribution in [0, 0.1) is 0 Å². The standard InChI is InChI=1S/C9H17NO3/c1-2-10-4-3-5-13-7-8(10)6-9(11)12/h8H,2-7H2,1H3,(H,11,12). The highest BCUT2D eigenvalue weighted by Crippen LogP contribution is 2.10. The Hall–Kier alpha value is -0.610. The summed E-state index contributed by atoms with van der Waals surface area (Å²) in [6, 6.07) is 0.0602. The molecule has 4 nitrogen and oxygen atoms in total. The van der Waals surface area contributed by atoms with E-state index in [0.717, 1.165) is 26.1 Å². The quantitative estimate of drug-likeness (QED) is 0.702. The third-order valence-electron chi connectivity index (χ3n) is 2.38. The van der Waals surface area contributed by atoms with Crippen molar-refractivity contribution < 1.29 is 14.6 Å². The van der Waals surface area contributed by atoms with Gasteiger partial charge in [-0.3, -0.25) is 9.69 Å². The normalized spacial score (nSPS) is 25.5. The lowest BCUT2D eigenvalue weighted by atomic mass is 10.2. The molecule has 0 spiro atoms. The summed E-state index contributed by atoms with van der Waals surface area (Å²) in [4.78, 5) is 12.7. The molecule has 1 aliphatic heterocycles. The van der Waals surface area contributed by atoms with Gasteiger partial charge in [-0.1, -0.05) is 6.92 Å². The maximum absolute atomic E-state index is 10.6. The minimum absolute atomic E-state index is 0.0602. The summed E-state index contributed by atoms with van der Waals surface area (Å²) < 4.78 is 5.34. The second-order valence-corrected chi connectivity index (χ2v) is 3.31. The first-order chi connectivity index (χ1) is 6.24. The van der Waals surface area contributed by atoms with Crippen LogP contribution in [-0.2, 0) is 9.53 Å². The second-order valence-electron chi connectivity index (χ2n) is 3.31. The van der Waals surface area contributed by atoms with E-state index in [9.17, 15) is 4.79 Å². The number of carboxylic acids is 1. The lowest BCUT2D eigenvalue weighted by molar-refractivity contribution is -0.138. The van der Waals surface area contributed by atoms with Gasteiger partial charge in [0.05, 0.1) is 13.0 Å². The zero-order valence-corrected chi connectivity index (χ0v) is 8.03. The highest BCUT2D eigenvalue weighted by Gasteiger charge is 2.22. The molecule has 1 atom stereocenters. The molecule has 1 N–H and O–H groups in total. The van der Waals surface area contributed by atoms with Crippen LogP contribution in [-0.4, -0.2) is 48.3 Å². The largest absolute Gasteiger partial charge is 0.481 e. The number of ether oxygens (including phenoxy) is 1. The molecule has 1 fully saturated rings. The molecule has 0 bridgehead atoms. The van der Waals surface area contributed by atoms with Crippen molar-refractivity contribution in [2.45, 2.75) is 25.8 Å². The fourth-order valence-corrected chi connectivity index (χ4v) is 1.68. The topological polar surface area (TPSA) is 49.8 Å². The Morgan fingerprint density at radius 3 is 3.08 bits per heavy atom. The van der Waals surface area contributed by atoms with E-state index >= 15 is 0 Å². The Bertz CT molecular complexity index is 172. The fraction of sp³-hybridized carbons (Fsp3) is 0.889. The summed E-state index contributed by atoms with van der Waals surface area (Å²) in [5, 5.41) is 8.69. The molecule has 1 unspecified atom stereocenters. The molecule has 1 saturated heterocycles. The molecule has 1 rings (SSSR count). The van der Waals surface area contributed by atoms with Crippen molar-refractivity contribution in [3.8, 4) is 0 Å². The highest BCUT2D eigenvalue weighted by atomic mass is 16.5. The summed E-state index contributed by atoms with van der Waals surface area (Å²) >= 11 is 0. The van der Waals surface area contributed by atoms with E-state index in [0.29, 0.717) is 6.61 Å². The van der Waals surface area contributed by atoms with E-state index in [2.05, 4.69) is 11.8 Å². The number of aliphatic carboxylic acids is 1. The lowest BCUT2D eigenvalue weighted by Crippen LogP contribution is -2.38. The van der Waals surface area contributed by atoms with Gasteiger partial charge in [-0.2, -0.15) is 0 Å². The lowest BCUT2D eigenvalue weighted by Gasteiger charge is -2.26. The first-order valence-corrected chi connectivity index (χ1v) is 4.77. The molecule has 76 valence electrons. The van der Waals surface area contributed by atoms with Crippen LogP contribution < -0.4 is 0 Å². The number of likely N-dealkylation sites (N-methyl/N-ethyl adjacent to an activating group) is 1. The van der Waals surface area contributed by atoms with Gasteiger partial charge in [0.15, 0.2) is 0 Å². The fourth-order valence-electron chi connectivity index (χ4n) is 1.68. The van der Waals surface area contributed by atoms with E-state index in [4.69, 9.17) is 9.84 Å². The number of hydrogen-bond acceptors (Lipinski definition) is 3. The van der Waals surface area contributed by atoms with Crippen LogP contribution in [0.4, 0.5) is 0 Å². The van der Waals surface area contributed by atoms with Gasteiger partial charge in [0.25, 0.3) is 0 Å². The van der Waals surface area contributed by atoms with E-state index < -0.39 is 5.97 Å². The summed E-state index contributed by atoms with van der Waals surface area (Å²) in [6.45, 7) is 5.22. The number of carbonyl (C=O) groups is 1. The van der Waals surface area contributed by atoms with E-state index in [-0.39, 0.29) is 12.5 Å². The second kappa shape index (κ2) is 5.19. The van der Waals surface area contributed by atoms with Crippen LogP contribution >= 0.6 is 0 Å². The molecule has 0 aromatic rings. The molecule has 0 radical (unpaired) electrons. The molecule has 0 saturated carbocycles. The zero-order valence-electron chi connectivity index (χ0n) is 8.03. The molecule has 13 heavy (non-hydrogen) atoms. The van der Waals surface area contributed by atoms with Gasteiger partial charge in [-0.25, -0.2) is 0 Å². The number of carboxylic acid groups (broad SMARTS) is 1. The molecule has 1 aliphatic rings. The zero-order chi connectivity index (χ0) is 9.68. The Morgan fingerprint density at radius 2 is 2.46 bits per heavy atom. The maximum atomic E-state index is 10.6. The average molecular weight is 187 g/mol. The first kappa shape index (κ1) is 10.5. The van der Waals surface area contributed by atoms with Crippen molar-refractivity contribution in [3.63, 3.8) is 0 Å². The third-order valence-corrected chi connectivity index (χ3v) is 2.38. The van der Waals surface area contributed by atoms with Gasteiger partial charge in [0.1, 0.15) is 0 Å². The summed E-state index contributed by atoms with van der Waals surface area (Å²) in [5.41, 5.74) is 0. The predicted octanol–water partition coefficient (Wildman–Crippen LogP) is 0.572. The highest BCUT2D eigenvalue weighted by molar-refractivity contribution is 5.67. The van der Waals surface area contributed by atoms with Gasteiger partial charge in [-0.05, 0) is 13.0 Å². The SMILES string of the molecule is CCN1CCCOCC1CC(=O)O. The molecule has 0 aliphatic carbocycles. The molecule has 0 aromatic carbocycles. The molecule has 0 aromatic heterocycles. The third kappa shape index (κ3) is 3.32. The summed E-state index contributed by atoms with van der Waals surface area (Å²) in [6.07, 6.45) is 1.19. The number of rotatable bonds is 3. The molecule has 0 amide bonds. The predicted molar refractivity (Wildman–Crippen MR) is 48.7 cm³/mol. The van der Waals surface area contributed by atoms with Gasteiger partial charge in [-0.15, -0.1) is 0 Å². The smallest absolute Gasteiger partial charge is 0.305 e. The van der Waals surface area contributed by atoms with Crippen LogP contribution in [0.1, 0.15) is 19.8 Å². The minimum atomic E-state index is -0.742. The average Bonchev–Trinajstić information content (AvgIpc) is 2.28. The monoisotopic (exact) mass is 187 g/mol. The van der Waals surface area contributed by atoms with E-state index in [1.54, 1.807) is 0 Å². The van der Waals surface area contributed by atoms with Crippen LogP contribution in [0.3, 0.4) is 0 Å². The van der Waals surface area contributed by atoms with Crippen LogP contribution in [0.5, 0.6) is 0 Å².